The Morgan fingerprint density at radius 2 is 1.95 bits per heavy atom. The third-order valence-corrected chi connectivity index (χ3v) is 2.61. The average molecular weight is 257 g/mol. The third-order valence-electron chi connectivity index (χ3n) is 2.61. The van der Waals surface area contributed by atoms with Crippen molar-refractivity contribution in [3.05, 3.63) is 42.0 Å². The predicted octanol–water partition coefficient (Wildman–Crippen LogP) is 1.33. The Hall–Kier alpha value is -2.83. The first-order chi connectivity index (χ1) is 9.17. The minimum Gasteiger partial charge on any atom is -0.368 e. The number of carbonyl (C=O) groups is 1. The smallest absolute Gasteiger partial charge is 0.223 e. The number of fused-ring (bicyclic) bond motifs is 1. The Balaban J connectivity index is 2.19. The number of carbonyl (C=O) groups excluding carboxylic acids is 1. The molecule has 0 unspecified atom stereocenters. The van der Waals surface area contributed by atoms with E-state index in [-0.39, 0.29) is 17.6 Å². The molecular weight excluding hydrogens is 249 g/mol. The number of nitrogens with two attached hydrogens (primary N) is 1. The summed E-state index contributed by atoms with van der Waals surface area (Å²) in [5, 5.41) is 3.87. The molecule has 0 spiro atoms. The normalized spacial score (nSPS) is 10.8. The van der Waals surface area contributed by atoms with Crippen LogP contribution in [0.4, 0.5) is 10.3 Å². The number of aromatic nitrogens is 4. The second-order valence-corrected chi connectivity index (χ2v) is 3.86. The van der Waals surface area contributed by atoms with Gasteiger partial charge in [0.1, 0.15) is 5.82 Å². The number of hydrogen-bond donors (Lipinski definition) is 1. The van der Waals surface area contributed by atoms with Crippen molar-refractivity contribution < 1.29 is 9.18 Å². The van der Waals surface area contributed by atoms with Gasteiger partial charge in [0.15, 0.2) is 11.9 Å². The number of halogens is 1. The highest BCUT2D eigenvalue weighted by molar-refractivity contribution is 5.72. The molecule has 0 atom stereocenters. The van der Waals surface area contributed by atoms with Crippen LogP contribution < -0.4 is 5.73 Å². The van der Waals surface area contributed by atoms with Gasteiger partial charge in [-0.3, -0.25) is 4.79 Å². The molecule has 94 valence electrons. The number of anilines is 1. The number of nitrogen functional groups attached to an aromatic ring is 1. The minimum absolute atomic E-state index is 0.0322. The SMILES string of the molecule is Nc1nc(-c2ccc(F)cc2)cc2nc(C=O)nn12. The van der Waals surface area contributed by atoms with Gasteiger partial charge in [-0.15, -0.1) is 5.10 Å². The van der Waals surface area contributed by atoms with E-state index < -0.39 is 0 Å². The fraction of sp³-hybridized carbons (Fsp3) is 0. The summed E-state index contributed by atoms with van der Waals surface area (Å²) in [6.45, 7) is 0. The van der Waals surface area contributed by atoms with Crippen LogP contribution in [0.25, 0.3) is 16.9 Å². The van der Waals surface area contributed by atoms with E-state index in [1.807, 2.05) is 0 Å². The summed E-state index contributed by atoms with van der Waals surface area (Å²) in [5.74, 6) is -0.189. The molecule has 0 saturated carbocycles. The first-order valence-corrected chi connectivity index (χ1v) is 5.42. The van der Waals surface area contributed by atoms with E-state index in [9.17, 15) is 9.18 Å². The van der Waals surface area contributed by atoms with Crippen LogP contribution in [-0.4, -0.2) is 25.9 Å². The molecule has 0 amide bonds. The minimum atomic E-state index is -0.330. The van der Waals surface area contributed by atoms with E-state index in [0.717, 1.165) is 0 Å². The monoisotopic (exact) mass is 257 g/mol. The lowest BCUT2D eigenvalue weighted by Gasteiger charge is -2.03. The highest BCUT2D eigenvalue weighted by Gasteiger charge is 2.09. The Kier molecular flexibility index (Phi) is 2.45. The second-order valence-electron chi connectivity index (χ2n) is 3.86. The molecule has 0 aliphatic carbocycles. The van der Waals surface area contributed by atoms with Gasteiger partial charge in [-0.25, -0.2) is 14.4 Å². The van der Waals surface area contributed by atoms with Crippen LogP contribution >= 0.6 is 0 Å². The maximum Gasteiger partial charge on any atom is 0.223 e. The molecule has 3 rings (SSSR count). The van der Waals surface area contributed by atoms with Crippen LogP contribution in [0.5, 0.6) is 0 Å². The Morgan fingerprint density at radius 1 is 1.21 bits per heavy atom. The van der Waals surface area contributed by atoms with Crippen molar-refractivity contribution in [1.29, 1.82) is 0 Å². The maximum atomic E-state index is 12.9. The van der Waals surface area contributed by atoms with Crippen LogP contribution in [0.2, 0.25) is 0 Å². The van der Waals surface area contributed by atoms with Crippen LogP contribution in [0.1, 0.15) is 10.6 Å². The van der Waals surface area contributed by atoms with E-state index in [1.165, 1.54) is 16.6 Å². The van der Waals surface area contributed by atoms with Gasteiger partial charge in [0.25, 0.3) is 0 Å². The Labute approximate surface area is 106 Å². The highest BCUT2D eigenvalue weighted by Crippen LogP contribution is 2.20. The van der Waals surface area contributed by atoms with Gasteiger partial charge in [0.2, 0.25) is 11.8 Å². The van der Waals surface area contributed by atoms with E-state index >= 15 is 0 Å². The molecule has 0 radical (unpaired) electrons. The molecule has 19 heavy (non-hydrogen) atoms. The second kappa shape index (κ2) is 4.13. The van der Waals surface area contributed by atoms with Gasteiger partial charge >= 0.3 is 0 Å². The van der Waals surface area contributed by atoms with Crippen LogP contribution in [-0.2, 0) is 0 Å². The van der Waals surface area contributed by atoms with Gasteiger partial charge in [0, 0.05) is 11.6 Å². The molecule has 2 N–H and O–H groups in total. The Morgan fingerprint density at radius 3 is 2.63 bits per heavy atom. The largest absolute Gasteiger partial charge is 0.368 e. The number of nitrogens with zero attached hydrogens (tertiary/aromatic N) is 4. The fourth-order valence-electron chi connectivity index (χ4n) is 1.75. The third kappa shape index (κ3) is 1.90. The van der Waals surface area contributed by atoms with Crippen molar-refractivity contribution in [3.63, 3.8) is 0 Å². The molecule has 7 heteroatoms. The van der Waals surface area contributed by atoms with Crippen molar-refractivity contribution in [1.82, 2.24) is 19.6 Å². The highest BCUT2D eigenvalue weighted by atomic mass is 19.1. The van der Waals surface area contributed by atoms with Crippen LogP contribution in [0.15, 0.2) is 30.3 Å². The number of aldehydes is 1. The van der Waals surface area contributed by atoms with Crippen molar-refractivity contribution in [2.24, 2.45) is 0 Å². The number of benzene rings is 1. The summed E-state index contributed by atoms with van der Waals surface area (Å²) < 4.78 is 14.1. The summed E-state index contributed by atoms with van der Waals surface area (Å²) in [4.78, 5) is 18.8. The summed E-state index contributed by atoms with van der Waals surface area (Å²) in [7, 11) is 0. The van der Waals surface area contributed by atoms with Gasteiger partial charge in [0.05, 0.1) is 5.69 Å². The van der Waals surface area contributed by atoms with E-state index in [2.05, 4.69) is 15.1 Å². The molecule has 0 fully saturated rings. The van der Waals surface area contributed by atoms with Crippen molar-refractivity contribution in [2.45, 2.75) is 0 Å². The van der Waals surface area contributed by atoms with Crippen LogP contribution in [0.3, 0.4) is 0 Å². The molecule has 2 heterocycles. The zero-order valence-electron chi connectivity index (χ0n) is 9.62. The van der Waals surface area contributed by atoms with Crippen molar-refractivity contribution in [3.8, 4) is 11.3 Å². The molecular formula is C12H8FN5O. The standard InChI is InChI=1S/C12H8FN5O/c13-8-3-1-7(2-4-8)9-5-11-16-10(6-19)17-18(11)12(14)15-9/h1-6H,(H2,14,15). The zero-order valence-corrected chi connectivity index (χ0v) is 9.62. The fourth-order valence-corrected chi connectivity index (χ4v) is 1.75. The predicted molar refractivity (Wildman–Crippen MR) is 66.0 cm³/mol. The van der Waals surface area contributed by atoms with E-state index in [0.29, 0.717) is 23.2 Å². The Bertz CT molecular complexity index is 766. The molecule has 1 aromatic carbocycles. The van der Waals surface area contributed by atoms with E-state index in [4.69, 9.17) is 5.73 Å². The maximum absolute atomic E-state index is 12.9. The molecule has 0 aliphatic rings. The summed E-state index contributed by atoms with van der Waals surface area (Å²) in [6.07, 6.45) is 0.532. The lowest BCUT2D eigenvalue weighted by molar-refractivity contribution is 0.111. The molecule has 0 bridgehead atoms. The van der Waals surface area contributed by atoms with E-state index in [1.54, 1.807) is 18.2 Å². The van der Waals surface area contributed by atoms with Crippen molar-refractivity contribution >= 4 is 17.9 Å². The number of rotatable bonds is 2. The first-order valence-electron chi connectivity index (χ1n) is 5.42. The first kappa shape index (κ1) is 11.3. The van der Waals surface area contributed by atoms with Gasteiger partial charge in [-0.2, -0.15) is 4.52 Å². The van der Waals surface area contributed by atoms with Gasteiger partial charge in [-0.1, -0.05) is 0 Å². The summed E-state index contributed by atoms with van der Waals surface area (Å²) in [6, 6.07) is 7.47. The average Bonchev–Trinajstić information content (AvgIpc) is 2.83. The van der Waals surface area contributed by atoms with Gasteiger partial charge in [-0.05, 0) is 24.3 Å². The lowest BCUT2D eigenvalue weighted by Crippen LogP contribution is -2.03. The molecule has 2 aromatic heterocycles. The molecule has 3 aromatic rings. The van der Waals surface area contributed by atoms with Gasteiger partial charge < -0.3 is 5.73 Å². The number of hydrogen-bond acceptors (Lipinski definition) is 5. The van der Waals surface area contributed by atoms with Crippen LogP contribution in [0, 0.1) is 5.82 Å². The molecule has 0 saturated heterocycles. The molecule has 0 aliphatic heterocycles. The summed E-state index contributed by atoms with van der Waals surface area (Å²) >= 11 is 0. The summed E-state index contributed by atoms with van der Waals surface area (Å²) in [5.41, 5.74) is 7.40. The lowest BCUT2D eigenvalue weighted by atomic mass is 10.1. The molecule has 6 nitrogen and oxygen atoms in total. The van der Waals surface area contributed by atoms with Crippen molar-refractivity contribution in [2.75, 3.05) is 5.73 Å². The zero-order chi connectivity index (χ0) is 13.4. The topological polar surface area (TPSA) is 86.2 Å². The quantitative estimate of drug-likeness (QED) is 0.700.